The van der Waals surface area contributed by atoms with Crippen LogP contribution in [0.3, 0.4) is 0 Å². The van der Waals surface area contributed by atoms with Gasteiger partial charge in [-0.1, -0.05) is 42.4 Å². The SMILES string of the molecule is C=C(F)C(=O)N1CCN(c2nc(OC[C@@H]3CCCN3C)nc3c2CCN(c2cccc4cccc(Cl)c24)S3(=O)=O)C[C@@H]1CC#N. The monoisotopic (exact) mass is 653 g/mol. The molecule has 3 aromatic rings. The lowest BCUT2D eigenvalue weighted by atomic mass is 10.1. The molecule has 0 aliphatic carbocycles. The van der Waals surface area contributed by atoms with Gasteiger partial charge in [0.05, 0.1) is 29.2 Å². The standard InChI is InChI=1S/C31H33ClFN7O4S/c1-20(33)30(41)39-17-16-38(18-22(39)11-13-34)28-24-12-15-40(26-10-4-7-21-6-3-9-25(32)27(21)26)45(42,43)29(24)36-31(35-28)44-19-23-8-5-14-37(23)2/h3-4,6-7,9-10,22-23H,1,5,8,11-12,14-19H2,2H3/t22-,23-/m0/s1. The number of sulfonamides is 1. The second-order valence-electron chi connectivity index (χ2n) is 11.5. The molecule has 1 aromatic heterocycles. The maximum atomic E-state index is 14.4. The maximum Gasteiger partial charge on any atom is 0.319 e. The number of halogens is 2. The largest absolute Gasteiger partial charge is 0.462 e. The summed E-state index contributed by atoms with van der Waals surface area (Å²) in [7, 11) is -2.19. The topological polar surface area (TPSA) is 123 Å². The lowest BCUT2D eigenvalue weighted by Crippen LogP contribution is -2.56. The van der Waals surface area contributed by atoms with Crippen molar-refractivity contribution in [2.24, 2.45) is 0 Å². The van der Waals surface area contributed by atoms with Crippen molar-refractivity contribution in [3.05, 3.63) is 59.4 Å². The first-order chi connectivity index (χ1) is 21.6. The van der Waals surface area contributed by atoms with Crippen molar-refractivity contribution in [3.63, 3.8) is 0 Å². The van der Waals surface area contributed by atoms with Gasteiger partial charge in [0.25, 0.3) is 15.9 Å². The number of likely N-dealkylation sites (tertiary alicyclic amines) is 1. The molecule has 0 N–H and O–H groups in total. The molecule has 0 saturated carbocycles. The molecule has 2 aromatic carbocycles. The number of carbonyl (C=O) groups excluding carboxylic acids is 1. The van der Waals surface area contributed by atoms with Gasteiger partial charge in [-0.25, -0.2) is 4.39 Å². The van der Waals surface area contributed by atoms with Crippen molar-refractivity contribution in [1.82, 2.24) is 19.8 Å². The number of amides is 1. The van der Waals surface area contributed by atoms with E-state index in [1.54, 1.807) is 18.2 Å². The van der Waals surface area contributed by atoms with Gasteiger partial charge in [0, 0.05) is 43.2 Å². The van der Waals surface area contributed by atoms with E-state index in [1.807, 2.05) is 30.1 Å². The average molecular weight is 654 g/mol. The molecular formula is C31H33ClFN7O4S. The zero-order chi connectivity index (χ0) is 31.9. The molecule has 2 atom stereocenters. The molecule has 2 fully saturated rings. The highest BCUT2D eigenvalue weighted by Gasteiger charge is 2.40. The highest BCUT2D eigenvalue weighted by Crippen LogP contribution is 2.40. The number of hydrogen-bond acceptors (Lipinski definition) is 9. The van der Waals surface area contributed by atoms with Gasteiger partial charge in [-0.3, -0.25) is 9.10 Å². The molecule has 14 heteroatoms. The van der Waals surface area contributed by atoms with Gasteiger partial charge < -0.3 is 19.4 Å². The number of hydrogen-bond donors (Lipinski definition) is 0. The number of piperazine rings is 1. The molecule has 6 rings (SSSR count). The van der Waals surface area contributed by atoms with E-state index in [4.69, 9.17) is 21.3 Å². The third kappa shape index (κ3) is 5.78. The number of benzene rings is 2. The van der Waals surface area contributed by atoms with Gasteiger partial charge in [0.15, 0.2) is 10.9 Å². The Morgan fingerprint density at radius 2 is 1.93 bits per heavy atom. The summed E-state index contributed by atoms with van der Waals surface area (Å²) in [6.45, 7) is 4.95. The van der Waals surface area contributed by atoms with Gasteiger partial charge in [-0.2, -0.15) is 23.6 Å². The van der Waals surface area contributed by atoms with Crippen molar-refractivity contribution in [1.29, 1.82) is 5.26 Å². The Kier molecular flexibility index (Phi) is 8.56. The normalized spacial score (nSPS) is 21.4. The first-order valence-corrected chi connectivity index (χ1v) is 16.6. The molecule has 0 radical (unpaired) electrons. The van der Waals surface area contributed by atoms with Gasteiger partial charge in [0.2, 0.25) is 0 Å². The van der Waals surface area contributed by atoms with Crippen LogP contribution in [0, 0.1) is 11.3 Å². The molecule has 3 aliphatic heterocycles. The van der Waals surface area contributed by atoms with Crippen LogP contribution in [0.2, 0.25) is 5.02 Å². The van der Waals surface area contributed by atoms with Crippen molar-refractivity contribution >= 4 is 49.8 Å². The summed E-state index contributed by atoms with van der Waals surface area (Å²) >= 11 is 6.58. The Balaban J connectivity index is 1.42. The quantitative estimate of drug-likeness (QED) is 0.276. The summed E-state index contributed by atoms with van der Waals surface area (Å²) in [4.78, 5) is 27.0. The minimum Gasteiger partial charge on any atom is -0.462 e. The summed E-state index contributed by atoms with van der Waals surface area (Å²) in [5.74, 6) is -1.60. The zero-order valence-corrected chi connectivity index (χ0v) is 26.4. The van der Waals surface area contributed by atoms with Gasteiger partial charge in [-0.05, 0) is 50.4 Å². The Bertz CT molecular complexity index is 1810. The van der Waals surface area contributed by atoms with Crippen LogP contribution in [0.1, 0.15) is 24.8 Å². The number of nitrogens with zero attached hydrogens (tertiary/aromatic N) is 7. The Hall–Kier alpha value is -3.99. The smallest absolute Gasteiger partial charge is 0.319 e. The number of fused-ring (bicyclic) bond motifs is 2. The van der Waals surface area contributed by atoms with Crippen LogP contribution in [0.15, 0.2) is 53.8 Å². The summed E-state index contributed by atoms with van der Waals surface area (Å²) < 4.78 is 50.0. The predicted octanol–water partition coefficient (Wildman–Crippen LogP) is 3.92. The van der Waals surface area contributed by atoms with Crippen LogP contribution in [-0.4, -0.2) is 92.6 Å². The Morgan fingerprint density at radius 1 is 1.16 bits per heavy atom. The van der Waals surface area contributed by atoms with Crippen molar-refractivity contribution in [3.8, 4) is 12.1 Å². The second kappa shape index (κ2) is 12.4. The van der Waals surface area contributed by atoms with Crippen LogP contribution >= 0.6 is 11.6 Å². The molecule has 4 heterocycles. The number of ether oxygens (including phenoxy) is 1. The third-order valence-corrected chi connectivity index (χ3v) is 10.9. The molecule has 3 aliphatic rings. The molecule has 236 valence electrons. The van der Waals surface area contributed by atoms with E-state index in [-0.39, 0.29) is 56.3 Å². The van der Waals surface area contributed by atoms with E-state index in [0.29, 0.717) is 33.9 Å². The highest BCUT2D eigenvalue weighted by atomic mass is 35.5. The van der Waals surface area contributed by atoms with Crippen LogP contribution in [-0.2, 0) is 21.2 Å². The number of likely N-dealkylation sites (N-methyl/N-ethyl adjacent to an activating group) is 1. The number of rotatable bonds is 7. The molecule has 45 heavy (non-hydrogen) atoms. The molecule has 0 bridgehead atoms. The lowest BCUT2D eigenvalue weighted by Gasteiger charge is -2.42. The van der Waals surface area contributed by atoms with Crippen LogP contribution in [0.25, 0.3) is 10.8 Å². The predicted molar refractivity (Wildman–Crippen MR) is 169 cm³/mol. The van der Waals surface area contributed by atoms with E-state index >= 15 is 0 Å². The van der Waals surface area contributed by atoms with E-state index in [1.165, 1.54) is 9.21 Å². The second-order valence-corrected chi connectivity index (χ2v) is 13.7. The summed E-state index contributed by atoms with van der Waals surface area (Å²) in [6, 6.07) is 12.3. The Labute approximate surface area is 266 Å². The molecule has 0 unspecified atom stereocenters. The van der Waals surface area contributed by atoms with Crippen molar-refractivity contribution in [2.75, 3.05) is 55.6 Å². The highest BCUT2D eigenvalue weighted by molar-refractivity contribution is 7.92. The lowest BCUT2D eigenvalue weighted by molar-refractivity contribution is -0.131. The zero-order valence-electron chi connectivity index (χ0n) is 24.8. The molecular weight excluding hydrogens is 621 g/mol. The third-order valence-electron chi connectivity index (χ3n) is 8.81. The van der Waals surface area contributed by atoms with E-state index in [0.717, 1.165) is 24.8 Å². The minimum absolute atomic E-state index is 0.0475. The van der Waals surface area contributed by atoms with Gasteiger partial charge >= 0.3 is 6.01 Å². The number of nitriles is 1. The van der Waals surface area contributed by atoms with Gasteiger partial charge in [-0.15, -0.1) is 0 Å². The van der Waals surface area contributed by atoms with Gasteiger partial charge in [0.1, 0.15) is 12.4 Å². The molecule has 1 amide bonds. The van der Waals surface area contributed by atoms with Crippen molar-refractivity contribution < 1.29 is 22.3 Å². The van der Waals surface area contributed by atoms with Crippen LogP contribution < -0.4 is 13.9 Å². The Morgan fingerprint density at radius 3 is 2.64 bits per heavy atom. The number of anilines is 2. The summed E-state index contributed by atoms with van der Waals surface area (Å²) in [6.07, 6.45) is 2.22. The fourth-order valence-corrected chi connectivity index (χ4v) is 8.40. The molecule has 2 saturated heterocycles. The van der Waals surface area contributed by atoms with Crippen molar-refractivity contribution in [2.45, 2.75) is 42.8 Å². The maximum absolute atomic E-state index is 14.4. The average Bonchev–Trinajstić information content (AvgIpc) is 3.44. The summed E-state index contributed by atoms with van der Waals surface area (Å²) in [5, 5.41) is 11.2. The first kappa shape index (κ1) is 31.0. The summed E-state index contributed by atoms with van der Waals surface area (Å²) in [5.41, 5.74) is 0.875. The fraction of sp³-hybridized carbons (Fsp3) is 0.419. The minimum atomic E-state index is -4.21. The van der Waals surface area contributed by atoms with E-state index < -0.39 is 27.8 Å². The molecule has 11 nitrogen and oxygen atoms in total. The first-order valence-electron chi connectivity index (χ1n) is 14.8. The van der Waals surface area contributed by atoms with E-state index in [2.05, 4.69) is 22.5 Å². The van der Waals surface area contributed by atoms with Crippen LogP contribution in [0.4, 0.5) is 15.9 Å². The van der Waals surface area contributed by atoms with Crippen LogP contribution in [0.5, 0.6) is 6.01 Å². The number of aromatic nitrogens is 2. The number of carbonyl (C=O) groups is 1. The van der Waals surface area contributed by atoms with E-state index in [9.17, 15) is 22.9 Å². The molecule has 0 spiro atoms. The fourth-order valence-electron chi connectivity index (χ4n) is 6.47.